The van der Waals surface area contributed by atoms with Crippen molar-refractivity contribution in [3.63, 3.8) is 0 Å². The fourth-order valence-electron chi connectivity index (χ4n) is 2.36. The summed E-state index contributed by atoms with van der Waals surface area (Å²) in [6.07, 6.45) is 0.477. The van der Waals surface area contributed by atoms with E-state index < -0.39 is 0 Å². The molecule has 0 aromatic heterocycles. The van der Waals surface area contributed by atoms with Gasteiger partial charge in [0.2, 0.25) is 0 Å². The summed E-state index contributed by atoms with van der Waals surface area (Å²) in [5.74, 6) is 0.200. The number of ketones is 1. The number of hydrogen-bond donors (Lipinski definition) is 0. The van der Waals surface area contributed by atoms with Crippen LogP contribution in [-0.2, 0) is 6.42 Å². The van der Waals surface area contributed by atoms with E-state index in [1.54, 1.807) is 0 Å². The van der Waals surface area contributed by atoms with Gasteiger partial charge >= 0.3 is 0 Å². The highest BCUT2D eigenvalue weighted by molar-refractivity contribution is 5.99. The van der Waals surface area contributed by atoms with Crippen LogP contribution in [0.1, 0.15) is 38.2 Å². The molecule has 1 nitrogen and oxygen atoms in total. The Labute approximate surface area is 115 Å². The number of hydrogen-bond acceptors (Lipinski definition) is 1. The van der Waals surface area contributed by atoms with Crippen LogP contribution < -0.4 is 0 Å². The summed E-state index contributed by atoms with van der Waals surface area (Å²) < 4.78 is 0. The maximum absolute atomic E-state index is 12.4. The quantitative estimate of drug-likeness (QED) is 0.742. The van der Waals surface area contributed by atoms with Gasteiger partial charge in [-0.2, -0.15) is 0 Å². The first-order chi connectivity index (χ1) is 8.97. The highest BCUT2D eigenvalue weighted by atomic mass is 16.1. The standard InChI is InChI=1S/C18H20O/c1-12-6-5-7-16(8-12)11-18(19)17-10-14(3)13(2)9-15(17)4/h5-10H,11H2,1-4H3. The van der Waals surface area contributed by atoms with Crippen molar-refractivity contribution in [1.29, 1.82) is 0 Å². The molecule has 0 fully saturated rings. The zero-order valence-corrected chi connectivity index (χ0v) is 12.1. The van der Waals surface area contributed by atoms with E-state index in [1.807, 2.05) is 25.1 Å². The molecule has 0 heterocycles. The smallest absolute Gasteiger partial charge is 0.167 e. The Morgan fingerprint density at radius 1 is 0.895 bits per heavy atom. The first-order valence-corrected chi connectivity index (χ1v) is 6.64. The van der Waals surface area contributed by atoms with Gasteiger partial charge in [-0.3, -0.25) is 4.79 Å². The molecule has 0 spiro atoms. The molecule has 2 aromatic carbocycles. The lowest BCUT2D eigenvalue weighted by Crippen LogP contribution is -2.07. The van der Waals surface area contributed by atoms with Gasteiger partial charge in [-0.25, -0.2) is 0 Å². The van der Waals surface area contributed by atoms with Crippen molar-refractivity contribution in [3.05, 3.63) is 69.8 Å². The SMILES string of the molecule is Cc1cccc(CC(=O)c2cc(C)c(C)cc2C)c1. The molecule has 2 aromatic rings. The van der Waals surface area contributed by atoms with Gasteiger partial charge in [0.25, 0.3) is 0 Å². The number of benzene rings is 2. The van der Waals surface area contributed by atoms with Gasteiger partial charge < -0.3 is 0 Å². The maximum Gasteiger partial charge on any atom is 0.167 e. The van der Waals surface area contributed by atoms with Crippen molar-refractivity contribution >= 4 is 5.78 Å². The van der Waals surface area contributed by atoms with Crippen molar-refractivity contribution in [2.24, 2.45) is 0 Å². The minimum Gasteiger partial charge on any atom is -0.294 e. The molecule has 0 aliphatic rings. The van der Waals surface area contributed by atoms with E-state index >= 15 is 0 Å². The maximum atomic E-state index is 12.4. The number of aryl methyl sites for hydroxylation is 4. The summed E-state index contributed by atoms with van der Waals surface area (Å²) >= 11 is 0. The Morgan fingerprint density at radius 3 is 2.26 bits per heavy atom. The second-order valence-corrected chi connectivity index (χ2v) is 5.34. The van der Waals surface area contributed by atoms with Crippen LogP contribution in [0.15, 0.2) is 36.4 Å². The van der Waals surface area contributed by atoms with Gasteiger partial charge in [0.05, 0.1) is 0 Å². The van der Waals surface area contributed by atoms with E-state index in [9.17, 15) is 4.79 Å². The molecule has 0 saturated carbocycles. The average molecular weight is 252 g/mol. The van der Waals surface area contributed by atoms with Crippen molar-refractivity contribution in [3.8, 4) is 0 Å². The third kappa shape index (κ3) is 3.11. The summed E-state index contributed by atoms with van der Waals surface area (Å²) in [4.78, 5) is 12.4. The molecule has 0 amide bonds. The lowest BCUT2D eigenvalue weighted by Gasteiger charge is -2.09. The average Bonchev–Trinajstić information content (AvgIpc) is 2.33. The third-order valence-electron chi connectivity index (χ3n) is 3.59. The summed E-state index contributed by atoms with van der Waals surface area (Å²) in [7, 11) is 0. The second-order valence-electron chi connectivity index (χ2n) is 5.34. The summed E-state index contributed by atoms with van der Waals surface area (Å²) in [5.41, 5.74) is 6.62. The van der Waals surface area contributed by atoms with Gasteiger partial charge in [0, 0.05) is 12.0 Å². The number of carbonyl (C=O) groups is 1. The van der Waals surface area contributed by atoms with Crippen LogP contribution in [0.3, 0.4) is 0 Å². The summed E-state index contributed by atoms with van der Waals surface area (Å²) in [6, 6.07) is 12.3. The minimum atomic E-state index is 0.200. The molecule has 0 bridgehead atoms. The Balaban J connectivity index is 2.28. The molecule has 0 aliphatic heterocycles. The Kier molecular flexibility index (Phi) is 3.84. The van der Waals surface area contributed by atoms with Crippen LogP contribution >= 0.6 is 0 Å². The highest BCUT2D eigenvalue weighted by Crippen LogP contribution is 2.18. The van der Waals surface area contributed by atoms with Gasteiger partial charge in [0.15, 0.2) is 5.78 Å². The van der Waals surface area contributed by atoms with Crippen molar-refractivity contribution in [2.75, 3.05) is 0 Å². The lowest BCUT2D eigenvalue weighted by molar-refractivity contribution is 0.0992. The molecular formula is C18H20O. The zero-order valence-electron chi connectivity index (χ0n) is 12.1. The first-order valence-electron chi connectivity index (χ1n) is 6.64. The fourth-order valence-corrected chi connectivity index (χ4v) is 2.36. The van der Waals surface area contributed by atoms with Gasteiger partial charge in [-0.15, -0.1) is 0 Å². The van der Waals surface area contributed by atoms with Crippen LogP contribution in [0.2, 0.25) is 0 Å². The molecule has 0 saturated heterocycles. The van der Waals surface area contributed by atoms with Crippen LogP contribution in [0.5, 0.6) is 0 Å². The molecule has 0 unspecified atom stereocenters. The predicted octanol–water partition coefficient (Wildman–Crippen LogP) is 4.35. The van der Waals surface area contributed by atoms with E-state index in [4.69, 9.17) is 0 Å². The van der Waals surface area contributed by atoms with E-state index in [1.165, 1.54) is 16.7 Å². The number of rotatable bonds is 3. The molecule has 98 valence electrons. The Bertz CT molecular complexity index is 624. The molecule has 0 radical (unpaired) electrons. The monoisotopic (exact) mass is 252 g/mol. The molecule has 1 heteroatoms. The molecule has 2 rings (SSSR count). The number of carbonyl (C=O) groups excluding carboxylic acids is 1. The topological polar surface area (TPSA) is 17.1 Å². The second kappa shape index (κ2) is 5.40. The Morgan fingerprint density at radius 2 is 1.58 bits per heavy atom. The summed E-state index contributed by atoms with van der Waals surface area (Å²) in [6.45, 7) is 8.19. The molecule has 0 N–H and O–H groups in total. The van der Waals surface area contributed by atoms with E-state index in [2.05, 4.69) is 39.0 Å². The van der Waals surface area contributed by atoms with E-state index in [0.29, 0.717) is 6.42 Å². The van der Waals surface area contributed by atoms with Crippen LogP contribution in [-0.4, -0.2) is 5.78 Å². The molecule has 0 atom stereocenters. The fraction of sp³-hybridized carbons (Fsp3) is 0.278. The van der Waals surface area contributed by atoms with E-state index in [0.717, 1.165) is 16.7 Å². The van der Waals surface area contributed by atoms with E-state index in [-0.39, 0.29) is 5.78 Å². The van der Waals surface area contributed by atoms with Crippen molar-refractivity contribution in [1.82, 2.24) is 0 Å². The minimum absolute atomic E-state index is 0.200. The molecule has 19 heavy (non-hydrogen) atoms. The van der Waals surface area contributed by atoms with Gasteiger partial charge in [-0.05, 0) is 56.0 Å². The third-order valence-corrected chi connectivity index (χ3v) is 3.59. The number of Topliss-reactive ketones (excluding diaryl/α,β-unsaturated/α-hetero) is 1. The lowest BCUT2D eigenvalue weighted by atomic mass is 9.95. The van der Waals surface area contributed by atoms with Gasteiger partial charge in [-0.1, -0.05) is 35.9 Å². The summed E-state index contributed by atoms with van der Waals surface area (Å²) in [5, 5.41) is 0. The Hall–Kier alpha value is -1.89. The first kappa shape index (κ1) is 13.5. The van der Waals surface area contributed by atoms with Crippen LogP contribution in [0, 0.1) is 27.7 Å². The van der Waals surface area contributed by atoms with Gasteiger partial charge in [0.1, 0.15) is 0 Å². The predicted molar refractivity (Wildman–Crippen MR) is 79.9 cm³/mol. The van der Waals surface area contributed by atoms with Crippen molar-refractivity contribution < 1.29 is 4.79 Å². The molecule has 0 aliphatic carbocycles. The van der Waals surface area contributed by atoms with Crippen molar-refractivity contribution in [2.45, 2.75) is 34.1 Å². The largest absolute Gasteiger partial charge is 0.294 e. The molecular weight excluding hydrogens is 232 g/mol. The van der Waals surface area contributed by atoms with Crippen LogP contribution in [0.25, 0.3) is 0 Å². The normalized spacial score (nSPS) is 10.5. The highest BCUT2D eigenvalue weighted by Gasteiger charge is 2.11. The van der Waals surface area contributed by atoms with Crippen LogP contribution in [0.4, 0.5) is 0 Å². The zero-order chi connectivity index (χ0) is 14.0.